The molecule has 1 fully saturated rings. The molecule has 1 N–H and O–H groups in total. The van der Waals surface area contributed by atoms with Gasteiger partial charge in [-0.1, -0.05) is 6.42 Å². The molecular weight excluding hydrogens is 198 g/mol. The number of nitrogens with zero attached hydrogens (tertiary/aromatic N) is 2. The summed E-state index contributed by atoms with van der Waals surface area (Å²) in [6, 6.07) is 0.676. The van der Waals surface area contributed by atoms with Gasteiger partial charge in [-0.2, -0.15) is 0 Å². The molecular formula is C13H29N3. The van der Waals surface area contributed by atoms with Gasteiger partial charge in [-0.25, -0.2) is 0 Å². The van der Waals surface area contributed by atoms with Crippen molar-refractivity contribution in [2.45, 2.75) is 38.6 Å². The van der Waals surface area contributed by atoms with Crippen LogP contribution in [-0.2, 0) is 0 Å². The Kier molecular flexibility index (Phi) is 7.01. The second-order valence-corrected chi connectivity index (χ2v) is 5.18. The van der Waals surface area contributed by atoms with Gasteiger partial charge in [0.05, 0.1) is 0 Å². The standard InChI is InChI=1S/C13H29N3/c1-13(14-2)7-4-5-9-16-10-6-8-15(3)11-12-16/h13-14H,4-12H2,1-3H3. The highest BCUT2D eigenvalue weighted by Gasteiger charge is 2.11. The lowest BCUT2D eigenvalue weighted by atomic mass is 10.1. The van der Waals surface area contributed by atoms with E-state index in [0.717, 1.165) is 0 Å². The molecule has 0 bridgehead atoms. The minimum Gasteiger partial charge on any atom is -0.317 e. The van der Waals surface area contributed by atoms with Crippen LogP contribution >= 0.6 is 0 Å². The zero-order valence-corrected chi connectivity index (χ0v) is 11.3. The molecule has 1 unspecified atom stereocenters. The third-order valence-corrected chi connectivity index (χ3v) is 3.67. The maximum absolute atomic E-state index is 3.30. The average Bonchev–Trinajstić information content (AvgIpc) is 2.49. The van der Waals surface area contributed by atoms with Crippen molar-refractivity contribution >= 4 is 0 Å². The Morgan fingerprint density at radius 2 is 1.94 bits per heavy atom. The minimum atomic E-state index is 0.676. The number of nitrogens with one attached hydrogen (secondary N) is 1. The summed E-state index contributed by atoms with van der Waals surface area (Å²) in [6.07, 6.45) is 5.36. The lowest BCUT2D eigenvalue weighted by Crippen LogP contribution is -2.30. The maximum Gasteiger partial charge on any atom is 0.0109 e. The Labute approximate surface area is 101 Å². The van der Waals surface area contributed by atoms with Gasteiger partial charge in [0, 0.05) is 19.1 Å². The number of hydrogen-bond donors (Lipinski definition) is 1. The summed E-state index contributed by atoms with van der Waals surface area (Å²) >= 11 is 0. The SMILES string of the molecule is CNC(C)CCCCN1CCCN(C)CC1. The highest BCUT2D eigenvalue weighted by molar-refractivity contribution is 4.67. The normalized spacial score (nSPS) is 21.9. The largest absolute Gasteiger partial charge is 0.317 e. The summed E-state index contributed by atoms with van der Waals surface area (Å²) in [5.41, 5.74) is 0. The van der Waals surface area contributed by atoms with Crippen molar-refractivity contribution in [1.29, 1.82) is 0 Å². The number of rotatable bonds is 6. The first-order valence-electron chi connectivity index (χ1n) is 6.80. The molecule has 1 heterocycles. The van der Waals surface area contributed by atoms with Gasteiger partial charge in [0.2, 0.25) is 0 Å². The van der Waals surface area contributed by atoms with Crippen LogP contribution in [0, 0.1) is 0 Å². The van der Waals surface area contributed by atoms with E-state index in [4.69, 9.17) is 0 Å². The fraction of sp³-hybridized carbons (Fsp3) is 1.00. The van der Waals surface area contributed by atoms with E-state index < -0.39 is 0 Å². The third-order valence-electron chi connectivity index (χ3n) is 3.67. The average molecular weight is 227 g/mol. The smallest absolute Gasteiger partial charge is 0.0109 e. The van der Waals surface area contributed by atoms with Crippen LogP contribution in [-0.4, -0.2) is 62.7 Å². The molecule has 3 heteroatoms. The van der Waals surface area contributed by atoms with E-state index in [1.54, 1.807) is 0 Å². The Balaban J connectivity index is 2.03. The van der Waals surface area contributed by atoms with Crippen LogP contribution in [0.5, 0.6) is 0 Å². The Morgan fingerprint density at radius 3 is 2.69 bits per heavy atom. The van der Waals surface area contributed by atoms with Gasteiger partial charge < -0.3 is 15.1 Å². The van der Waals surface area contributed by atoms with Crippen molar-refractivity contribution in [1.82, 2.24) is 15.1 Å². The highest BCUT2D eigenvalue weighted by Crippen LogP contribution is 2.05. The van der Waals surface area contributed by atoms with Crippen LogP contribution < -0.4 is 5.32 Å². The zero-order valence-electron chi connectivity index (χ0n) is 11.3. The molecule has 1 atom stereocenters. The third kappa shape index (κ3) is 5.83. The number of likely N-dealkylation sites (N-methyl/N-ethyl adjacent to an activating group) is 1. The molecule has 0 saturated carbocycles. The summed E-state index contributed by atoms with van der Waals surface area (Å²) in [5.74, 6) is 0. The first-order valence-corrected chi connectivity index (χ1v) is 6.80. The minimum absolute atomic E-state index is 0.676. The summed E-state index contributed by atoms with van der Waals surface area (Å²) in [6.45, 7) is 8.63. The molecule has 0 aromatic rings. The van der Waals surface area contributed by atoms with E-state index in [0.29, 0.717) is 6.04 Å². The molecule has 3 nitrogen and oxygen atoms in total. The molecule has 96 valence electrons. The molecule has 1 aliphatic heterocycles. The molecule has 1 saturated heterocycles. The lowest BCUT2D eigenvalue weighted by molar-refractivity contribution is 0.269. The molecule has 16 heavy (non-hydrogen) atoms. The lowest BCUT2D eigenvalue weighted by Gasteiger charge is -2.20. The predicted molar refractivity (Wildman–Crippen MR) is 70.9 cm³/mol. The fourth-order valence-electron chi connectivity index (χ4n) is 2.25. The van der Waals surface area contributed by atoms with Gasteiger partial charge in [-0.05, 0) is 59.9 Å². The molecule has 0 radical (unpaired) electrons. The van der Waals surface area contributed by atoms with E-state index in [9.17, 15) is 0 Å². The first-order chi connectivity index (χ1) is 7.72. The van der Waals surface area contributed by atoms with Gasteiger partial charge in [0.15, 0.2) is 0 Å². The van der Waals surface area contributed by atoms with Gasteiger partial charge in [0.25, 0.3) is 0 Å². The van der Waals surface area contributed by atoms with Gasteiger partial charge in [0.1, 0.15) is 0 Å². The van der Waals surface area contributed by atoms with E-state index in [1.807, 2.05) is 0 Å². The fourth-order valence-corrected chi connectivity index (χ4v) is 2.25. The summed E-state index contributed by atoms with van der Waals surface area (Å²) in [5, 5.41) is 3.30. The molecule has 0 aliphatic carbocycles. The predicted octanol–water partition coefficient (Wildman–Crippen LogP) is 1.40. The number of unbranched alkanes of at least 4 members (excludes halogenated alkanes) is 1. The van der Waals surface area contributed by atoms with Crippen LogP contribution in [0.15, 0.2) is 0 Å². The monoisotopic (exact) mass is 227 g/mol. The van der Waals surface area contributed by atoms with Gasteiger partial charge in [-0.15, -0.1) is 0 Å². The molecule has 0 spiro atoms. The molecule has 1 rings (SSSR count). The topological polar surface area (TPSA) is 18.5 Å². The molecule has 0 amide bonds. The zero-order chi connectivity index (χ0) is 11.8. The Morgan fingerprint density at radius 1 is 1.12 bits per heavy atom. The van der Waals surface area contributed by atoms with Crippen LogP contribution in [0.4, 0.5) is 0 Å². The van der Waals surface area contributed by atoms with Crippen molar-refractivity contribution in [3.8, 4) is 0 Å². The summed E-state index contributed by atoms with van der Waals surface area (Å²) < 4.78 is 0. The Hall–Kier alpha value is -0.120. The highest BCUT2D eigenvalue weighted by atomic mass is 15.2. The second kappa shape index (κ2) is 8.04. The van der Waals surface area contributed by atoms with E-state index in [-0.39, 0.29) is 0 Å². The van der Waals surface area contributed by atoms with Gasteiger partial charge >= 0.3 is 0 Å². The van der Waals surface area contributed by atoms with E-state index in [1.165, 1.54) is 58.4 Å². The van der Waals surface area contributed by atoms with E-state index >= 15 is 0 Å². The van der Waals surface area contributed by atoms with Crippen LogP contribution in [0.2, 0.25) is 0 Å². The van der Waals surface area contributed by atoms with Crippen molar-refractivity contribution in [3.63, 3.8) is 0 Å². The maximum atomic E-state index is 3.30. The second-order valence-electron chi connectivity index (χ2n) is 5.18. The van der Waals surface area contributed by atoms with Crippen LogP contribution in [0.1, 0.15) is 32.6 Å². The van der Waals surface area contributed by atoms with Crippen LogP contribution in [0.3, 0.4) is 0 Å². The Bertz CT molecular complexity index is 173. The number of hydrogen-bond acceptors (Lipinski definition) is 3. The van der Waals surface area contributed by atoms with Crippen molar-refractivity contribution < 1.29 is 0 Å². The molecule has 0 aromatic carbocycles. The van der Waals surface area contributed by atoms with E-state index in [2.05, 4.69) is 36.1 Å². The first kappa shape index (κ1) is 13.9. The van der Waals surface area contributed by atoms with Crippen molar-refractivity contribution in [2.24, 2.45) is 0 Å². The van der Waals surface area contributed by atoms with Crippen LogP contribution in [0.25, 0.3) is 0 Å². The quantitative estimate of drug-likeness (QED) is 0.692. The summed E-state index contributed by atoms with van der Waals surface area (Å²) in [4.78, 5) is 5.08. The molecule has 0 aromatic heterocycles. The molecule has 1 aliphatic rings. The van der Waals surface area contributed by atoms with Gasteiger partial charge in [-0.3, -0.25) is 0 Å². The van der Waals surface area contributed by atoms with Crippen molar-refractivity contribution in [2.75, 3.05) is 46.8 Å². The van der Waals surface area contributed by atoms with Crippen molar-refractivity contribution in [3.05, 3.63) is 0 Å². The summed E-state index contributed by atoms with van der Waals surface area (Å²) in [7, 11) is 4.29.